The number of benzene rings is 1. The van der Waals surface area contributed by atoms with E-state index in [1.165, 1.54) is 12.8 Å². The lowest BCUT2D eigenvalue weighted by atomic mass is 10.2. The van der Waals surface area contributed by atoms with Crippen molar-refractivity contribution in [1.29, 1.82) is 0 Å². The van der Waals surface area contributed by atoms with Gasteiger partial charge in [-0.05, 0) is 37.8 Å². The van der Waals surface area contributed by atoms with Crippen LogP contribution in [0.1, 0.15) is 31.2 Å². The summed E-state index contributed by atoms with van der Waals surface area (Å²) in [5.41, 5.74) is 1.05. The van der Waals surface area contributed by atoms with Gasteiger partial charge in [0, 0.05) is 30.8 Å². The van der Waals surface area contributed by atoms with Gasteiger partial charge in [0.15, 0.2) is 0 Å². The molecular formula is C15H22ClNO2. The molecule has 0 radical (unpaired) electrons. The minimum atomic E-state index is 0.358. The van der Waals surface area contributed by atoms with E-state index in [2.05, 4.69) is 5.32 Å². The molecule has 1 aromatic carbocycles. The van der Waals surface area contributed by atoms with Crippen molar-refractivity contribution in [3.8, 4) is 5.75 Å². The van der Waals surface area contributed by atoms with Crippen LogP contribution in [0.5, 0.6) is 5.75 Å². The first-order valence-corrected chi connectivity index (χ1v) is 7.32. The van der Waals surface area contributed by atoms with Crippen molar-refractivity contribution in [2.24, 2.45) is 0 Å². The Bertz CT molecular complexity index is 392. The van der Waals surface area contributed by atoms with E-state index in [0.717, 1.165) is 35.7 Å². The van der Waals surface area contributed by atoms with Crippen LogP contribution in [-0.2, 0) is 11.3 Å². The maximum atomic E-state index is 6.28. The molecule has 19 heavy (non-hydrogen) atoms. The molecule has 1 N–H and O–H groups in total. The molecule has 0 bridgehead atoms. The molecule has 0 aromatic heterocycles. The van der Waals surface area contributed by atoms with Gasteiger partial charge in [-0.25, -0.2) is 0 Å². The van der Waals surface area contributed by atoms with Gasteiger partial charge in [-0.1, -0.05) is 17.7 Å². The molecule has 3 nitrogen and oxygen atoms in total. The third-order valence-electron chi connectivity index (χ3n) is 3.46. The Kier molecular flexibility index (Phi) is 5.95. The smallest absolute Gasteiger partial charge is 0.125 e. The van der Waals surface area contributed by atoms with Crippen LogP contribution in [0.3, 0.4) is 0 Å². The summed E-state index contributed by atoms with van der Waals surface area (Å²) in [5.74, 6) is 0.921. The average Bonchev–Trinajstić information content (AvgIpc) is 2.90. The number of ether oxygens (including phenoxy) is 2. The normalized spacial score (nSPS) is 15.9. The van der Waals surface area contributed by atoms with Crippen LogP contribution >= 0.6 is 11.6 Å². The average molecular weight is 284 g/mol. The van der Waals surface area contributed by atoms with Crippen LogP contribution in [0.25, 0.3) is 0 Å². The van der Waals surface area contributed by atoms with E-state index >= 15 is 0 Å². The molecule has 1 saturated carbocycles. The standard InChI is InChI=1S/C15H22ClNO2/c1-18-10-9-17-11-13-14(16)7-4-8-15(13)19-12-5-2-3-6-12/h4,7-8,12,17H,2-3,5-6,9-11H2,1H3. The van der Waals surface area contributed by atoms with Crippen molar-refractivity contribution in [1.82, 2.24) is 5.32 Å². The fourth-order valence-corrected chi connectivity index (χ4v) is 2.63. The Morgan fingerprint density at radius 2 is 2.11 bits per heavy atom. The Balaban J connectivity index is 1.98. The molecule has 4 heteroatoms. The van der Waals surface area contributed by atoms with Crippen LogP contribution in [0.15, 0.2) is 18.2 Å². The lowest BCUT2D eigenvalue weighted by Gasteiger charge is -2.17. The van der Waals surface area contributed by atoms with Crippen molar-refractivity contribution in [2.45, 2.75) is 38.3 Å². The zero-order chi connectivity index (χ0) is 13.5. The lowest BCUT2D eigenvalue weighted by Crippen LogP contribution is -2.20. The highest BCUT2D eigenvalue weighted by molar-refractivity contribution is 6.31. The van der Waals surface area contributed by atoms with Crippen molar-refractivity contribution in [2.75, 3.05) is 20.3 Å². The van der Waals surface area contributed by atoms with Gasteiger partial charge in [-0.3, -0.25) is 0 Å². The molecule has 1 aliphatic rings. The maximum Gasteiger partial charge on any atom is 0.125 e. The van der Waals surface area contributed by atoms with Crippen molar-refractivity contribution in [3.05, 3.63) is 28.8 Å². The summed E-state index contributed by atoms with van der Waals surface area (Å²) in [6.45, 7) is 2.22. The first kappa shape index (κ1) is 14.6. The SMILES string of the molecule is COCCNCc1c(Cl)cccc1OC1CCCC1. The summed E-state index contributed by atoms with van der Waals surface area (Å²) in [5, 5.41) is 4.08. The van der Waals surface area contributed by atoms with Gasteiger partial charge in [-0.15, -0.1) is 0 Å². The van der Waals surface area contributed by atoms with Crippen molar-refractivity contribution >= 4 is 11.6 Å². The molecule has 1 aliphatic carbocycles. The first-order valence-electron chi connectivity index (χ1n) is 6.95. The zero-order valence-corrected chi connectivity index (χ0v) is 12.2. The highest BCUT2D eigenvalue weighted by Crippen LogP contribution is 2.30. The summed E-state index contributed by atoms with van der Waals surface area (Å²) < 4.78 is 11.1. The van der Waals surface area contributed by atoms with Crippen molar-refractivity contribution in [3.63, 3.8) is 0 Å². The molecule has 0 atom stereocenters. The van der Waals surface area contributed by atoms with E-state index in [4.69, 9.17) is 21.1 Å². The molecule has 0 unspecified atom stereocenters. The topological polar surface area (TPSA) is 30.5 Å². The van der Waals surface area contributed by atoms with Gasteiger partial charge in [0.2, 0.25) is 0 Å². The van der Waals surface area contributed by atoms with E-state index in [9.17, 15) is 0 Å². The minimum Gasteiger partial charge on any atom is -0.490 e. The summed E-state index contributed by atoms with van der Waals surface area (Å²) in [6.07, 6.45) is 5.21. The maximum absolute atomic E-state index is 6.28. The fourth-order valence-electron chi connectivity index (χ4n) is 2.39. The highest BCUT2D eigenvalue weighted by Gasteiger charge is 2.18. The predicted octanol–water partition coefficient (Wildman–Crippen LogP) is 3.40. The summed E-state index contributed by atoms with van der Waals surface area (Å²) in [6, 6.07) is 5.87. The third kappa shape index (κ3) is 4.37. The van der Waals surface area contributed by atoms with Gasteiger partial charge in [0.1, 0.15) is 5.75 Å². The molecule has 2 rings (SSSR count). The Hall–Kier alpha value is -0.770. The van der Waals surface area contributed by atoms with E-state index in [1.54, 1.807) is 7.11 Å². The number of rotatable bonds is 7. The molecule has 0 heterocycles. The summed E-state index contributed by atoms with van der Waals surface area (Å²) in [7, 11) is 1.70. The third-order valence-corrected chi connectivity index (χ3v) is 3.81. The Labute approximate surface area is 120 Å². The van der Waals surface area contributed by atoms with E-state index < -0.39 is 0 Å². The molecule has 0 spiro atoms. The largest absolute Gasteiger partial charge is 0.490 e. The van der Waals surface area contributed by atoms with Crippen LogP contribution in [-0.4, -0.2) is 26.4 Å². The van der Waals surface area contributed by atoms with Crippen molar-refractivity contribution < 1.29 is 9.47 Å². The Morgan fingerprint density at radius 3 is 2.84 bits per heavy atom. The van der Waals surface area contributed by atoms with Crippen LogP contribution in [0.4, 0.5) is 0 Å². The van der Waals surface area contributed by atoms with Crippen LogP contribution in [0, 0.1) is 0 Å². The Morgan fingerprint density at radius 1 is 1.32 bits per heavy atom. The second-order valence-corrected chi connectivity index (χ2v) is 5.32. The molecule has 0 saturated heterocycles. The fraction of sp³-hybridized carbons (Fsp3) is 0.600. The lowest BCUT2D eigenvalue weighted by molar-refractivity contribution is 0.197. The molecule has 0 aliphatic heterocycles. The molecule has 1 aromatic rings. The number of methoxy groups -OCH3 is 1. The van der Waals surface area contributed by atoms with E-state index in [-0.39, 0.29) is 0 Å². The monoisotopic (exact) mass is 283 g/mol. The number of halogens is 1. The first-order chi connectivity index (χ1) is 9.31. The molecule has 0 amide bonds. The predicted molar refractivity (Wildman–Crippen MR) is 77.9 cm³/mol. The minimum absolute atomic E-state index is 0.358. The van der Waals surface area contributed by atoms with Crippen LogP contribution in [0.2, 0.25) is 5.02 Å². The summed E-state index contributed by atoms with van der Waals surface area (Å²) in [4.78, 5) is 0. The van der Waals surface area contributed by atoms with Gasteiger partial charge >= 0.3 is 0 Å². The van der Waals surface area contributed by atoms with Gasteiger partial charge in [0.25, 0.3) is 0 Å². The second kappa shape index (κ2) is 7.73. The molecular weight excluding hydrogens is 262 g/mol. The molecule has 106 valence electrons. The van der Waals surface area contributed by atoms with Gasteiger partial charge in [-0.2, -0.15) is 0 Å². The number of hydrogen-bond donors (Lipinski definition) is 1. The van der Waals surface area contributed by atoms with Crippen LogP contribution < -0.4 is 10.1 Å². The zero-order valence-electron chi connectivity index (χ0n) is 11.5. The number of hydrogen-bond acceptors (Lipinski definition) is 3. The van der Waals surface area contributed by atoms with Gasteiger partial charge < -0.3 is 14.8 Å². The second-order valence-electron chi connectivity index (χ2n) is 4.91. The van der Waals surface area contributed by atoms with E-state index in [0.29, 0.717) is 19.3 Å². The molecule has 1 fully saturated rings. The highest BCUT2D eigenvalue weighted by atomic mass is 35.5. The summed E-state index contributed by atoms with van der Waals surface area (Å²) >= 11 is 6.28. The number of nitrogens with one attached hydrogen (secondary N) is 1. The quantitative estimate of drug-likeness (QED) is 0.778. The van der Waals surface area contributed by atoms with Gasteiger partial charge in [0.05, 0.1) is 12.7 Å². The van der Waals surface area contributed by atoms with E-state index in [1.807, 2.05) is 18.2 Å².